The summed E-state index contributed by atoms with van der Waals surface area (Å²) in [6.45, 7) is 0.486. The maximum atomic E-state index is 12.9. The smallest absolute Gasteiger partial charge is 0.252 e. The molecular formula is C20H29Cl2N3O3S. The molecule has 0 atom stereocenters. The Kier molecular flexibility index (Phi) is 7.16. The van der Waals surface area contributed by atoms with E-state index in [0.29, 0.717) is 6.54 Å². The second-order valence-corrected chi connectivity index (χ2v) is 10.9. The molecule has 3 rings (SSSR count). The molecule has 0 saturated heterocycles. The SMILES string of the molecule is CN(C)C1(CNC(=O)c2cc(S(=O)(=O)NC3CC3)c(Cl)cc2Cl)CCCCCC1. The summed E-state index contributed by atoms with van der Waals surface area (Å²) in [5.74, 6) is -0.389. The van der Waals surface area contributed by atoms with Crippen LogP contribution < -0.4 is 10.0 Å². The molecule has 2 saturated carbocycles. The molecule has 1 amide bonds. The molecule has 1 aromatic rings. The number of rotatable bonds is 7. The lowest BCUT2D eigenvalue weighted by Crippen LogP contribution is -2.52. The molecule has 2 fully saturated rings. The van der Waals surface area contributed by atoms with Crippen LogP contribution in [0.25, 0.3) is 0 Å². The summed E-state index contributed by atoms with van der Waals surface area (Å²) in [7, 11) is 0.290. The van der Waals surface area contributed by atoms with Gasteiger partial charge in [0.05, 0.1) is 15.6 Å². The van der Waals surface area contributed by atoms with Crippen molar-refractivity contribution >= 4 is 39.1 Å². The normalized spacial score (nSPS) is 19.8. The number of likely N-dealkylation sites (N-methyl/N-ethyl adjacent to an activating group) is 1. The van der Waals surface area contributed by atoms with Gasteiger partial charge in [0, 0.05) is 18.1 Å². The van der Waals surface area contributed by atoms with Gasteiger partial charge in [-0.3, -0.25) is 4.79 Å². The van der Waals surface area contributed by atoms with Crippen LogP contribution in [0.2, 0.25) is 10.0 Å². The van der Waals surface area contributed by atoms with Crippen LogP contribution in [0.1, 0.15) is 61.7 Å². The van der Waals surface area contributed by atoms with E-state index < -0.39 is 10.0 Å². The van der Waals surface area contributed by atoms with Crippen molar-refractivity contribution < 1.29 is 13.2 Å². The number of hydrogen-bond donors (Lipinski definition) is 2. The van der Waals surface area contributed by atoms with Crippen LogP contribution in [-0.4, -0.2) is 51.4 Å². The first-order valence-electron chi connectivity index (χ1n) is 10.1. The summed E-state index contributed by atoms with van der Waals surface area (Å²) in [5, 5.41) is 3.13. The van der Waals surface area contributed by atoms with Crippen LogP contribution in [0, 0.1) is 0 Å². The molecule has 2 N–H and O–H groups in total. The number of carbonyl (C=O) groups excluding carboxylic acids is 1. The number of hydrogen-bond acceptors (Lipinski definition) is 4. The summed E-state index contributed by atoms with van der Waals surface area (Å²) in [6, 6.07) is 2.55. The fraction of sp³-hybridized carbons (Fsp3) is 0.650. The molecule has 9 heteroatoms. The van der Waals surface area contributed by atoms with Gasteiger partial charge in [0.15, 0.2) is 0 Å². The maximum Gasteiger partial charge on any atom is 0.252 e. The van der Waals surface area contributed by atoms with Crippen LogP contribution in [-0.2, 0) is 10.0 Å². The molecule has 2 aliphatic carbocycles. The summed E-state index contributed by atoms with van der Waals surface area (Å²) >= 11 is 12.4. The van der Waals surface area contributed by atoms with Crippen molar-refractivity contribution in [3.63, 3.8) is 0 Å². The Morgan fingerprint density at radius 3 is 2.28 bits per heavy atom. The van der Waals surface area contributed by atoms with Crippen LogP contribution >= 0.6 is 23.2 Å². The number of carbonyl (C=O) groups is 1. The Balaban J connectivity index is 1.80. The standard InChI is InChI=1S/C20H29Cl2N3O3S/c1-25(2)20(9-5-3-4-6-10-20)13-23-19(26)15-11-18(17(22)12-16(15)21)29(27,28)24-14-7-8-14/h11-12,14,24H,3-10,13H2,1-2H3,(H,23,26). The van der Waals surface area contributed by atoms with Gasteiger partial charge in [-0.25, -0.2) is 13.1 Å². The lowest BCUT2D eigenvalue weighted by molar-refractivity contribution is 0.0869. The van der Waals surface area contributed by atoms with E-state index in [-0.39, 0.29) is 38.0 Å². The molecule has 2 aliphatic rings. The first-order valence-corrected chi connectivity index (χ1v) is 12.4. The first kappa shape index (κ1) is 22.8. The van der Waals surface area contributed by atoms with Gasteiger partial charge in [0.25, 0.3) is 5.91 Å². The Bertz CT molecular complexity index is 862. The highest BCUT2D eigenvalue weighted by atomic mass is 35.5. The van der Waals surface area contributed by atoms with Crippen molar-refractivity contribution in [3.8, 4) is 0 Å². The average molecular weight is 462 g/mol. The van der Waals surface area contributed by atoms with Gasteiger partial charge < -0.3 is 10.2 Å². The number of amides is 1. The third-order valence-corrected chi connectivity index (χ3v) is 8.31. The van der Waals surface area contributed by atoms with Crippen molar-refractivity contribution in [2.24, 2.45) is 0 Å². The van der Waals surface area contributed by atoms with Gasteiger partial charge in [-0.15, -0.1) is 0 Å². The van der Waals surface area contributed by atoms with Gasteiger partial charge in [-0.05, 0) is 51.9 Å². The van der Waals surface area contributed by atoms with Gasteiger partial charge >= 0.3 is 0 Å². The van der Waals surface area contributed by atoms with E-state index in [1.165, 1.54) is 25.0 Å². The molecule has 0 spiro atoms. The topological polar surface area (TPSA) is 78.5 Å². The summed E-state index contributed by atoms with van der Waals surface area (Å²) in [6.07, 6.45) is 8.33. The minimum absolute atomic E-state index is 0.00762. The minimum Gasteiger partial charge on any atom is -0.350 e. The quantitative estimate of drug-likeness (QED) is 0.604. The third kappa shape index (κ3) is 5.44. The van der Waals surface area contributed by atoms with E-state index in [0.717, 1.165) is 38.5 Å². The van der Waals surface area contributed by atoms with Crippen LogP contribution in [0.4, 0.5) is 0 Å². The summed E-state index contributed by atoms with van der Waals surface area (Å²) in [5.41, 5.74) is 0.0165. The molecule has 162 valence electrons. The number of nitrogens with one attached hydrogen (secondary N) is 2. The van der Waals surface area contributed by atoms with E-state index in [2.05, 4.69) is 14.9 Å². The van der Waals surface area contributed by atoms with Gasteiger partial charge in [0.1, 0.15) is 4.90 Å². The van der Waals surface area contributed by atoms with Crippen molar-refractivity contribution in [2.75, 3.05) is 20.6 Å². The monoisotopic (exact) mass is 461 g/mol. The largest absolute Gasteiger partial charge is 0.350 e. The van der Waals surface area contributed by atoms with E-state index in [4.69, 9.17) is 23.2 Å². The second-order valence-electron chi connectivity index (χ2n) is 8.37. The molecule has 29 heavy (non-hydrogen) atoms. The van der Waals surface area contributed by atoms with Crippen molar-refractivity contribution in [2.45, 2.75) is 67.8 Å². The fourth-order valence-electron chi connectivity index (χ4n) is 3.90. The zero-order valence-corrected chi connectivity index (χ0v) is 19.3. The Hall–Kier alpha value is -0.860. The highest BCUT2D eigenvalue weighted by Crippen LogP contribution is 2.32. The van der Waals surface area contributed by atoms with Gasteiger partial charge in [-0.1, -0.05) is 48.9 Å². The molecule has 0 aromatic heterocycles. The summed E-state index contributed by atoms with van der Waals surface area (Å²) < 4.78 is 27.8. The van der Waals surface area contributed by atoms with Crippen molar-refractivity contribution in [1.82, 2.24) is 14.9 Å². The maximum absolute atomic E-state index is 12.9. The zero-order valence-electron chi connectivity index (χ0n) is 16.9. The van der Waals surface area contributed by atoms with Crippen LogP contribution in [0.15, 0.2) is 17.0 Å². The van der Waals surface area contributed by atoms with Gasteiger partial charge in [0.2, 0.25) is 10.0 Å². The molecule has 0 aliphatic heterocycles. The van der Waals surface area contributed by atoms with E-state index in [1.807, 2.05) is 14.1 Å². The molecule has 1 aromatic carbocycles. The zero-order chi connectivity index (χ0) is 21.2. The lowest BCUT2D eigenvalue weighted by Gasteiger charge is -2.39. The Morgan fingerprint density at radius 1 is 1.10 bits per heavy atom. The first-order chi connectivity index (χ1) is 13.6. The Labute approximate surface area is 183 Å². The van der Waals surface area contributed by atoms with E-state index in [1.54, 1.807) is 0 Å². The third-order valence-electron chi connectivity index (χ3n) is 6.02. The van der Waals surface area contributed by atoms with Crippen molar-refractivity contribution in [1.29, 1.82) is 0 Å². The van der Waals surface area contributed by atoms with Crippen molar-refractivity contribution in [3.05, 3.63) is 27.7 Å². The van der Waals surface area contributed by atoms with Crippen LogP contribution in [0.5, 0.6) is 0 Å². The minimum atomic E-state index is -3.80. The second kappa shape index (κ2) is 9.10. The Morgan fingerprint density at radius 2 is 1.72 bits per heavy atom. The highest BCUT2D eigenvalue weighted by Gasteiger charge is 2.34. The molecular weight excluding hydrogens is 433 g/mol. The molecule has 0 bridgehead atoms. The molecule has 6 nitrogen and oxygen atoms in total. The molecule has 0 radical (unpaired) electrons. The number of benzene rings is 1. The fourth-order valence-corrected chi connectivity index (χ4v) is 6.07. The predicted molar refractivity (Wildman–Crippen MR) is 116 cm³/mol. The number of nitrogens with zero attached hydrogens (tertiary/aromatic N) is 1. The lowest BCUT2D eigenvalue weighted by atomic mass is 9.88. The van der Waals surface area contributed by atoms with E-state index >= 15 is 0 Å². The summed E-state index contributed by atoms with van der Waals surface area (Å²) in [4.78, 5) is 15.0. The average Bonchev–Trinajstić information content (AvgIpc) is 3.46. The molecule has 0 unspecified atom stereocenters. The molecule has 0 heterocycles. The van der Waals surface area contributed by atoms with Gasteiger partial charge in [-0.2, -0.15) is 0 Å². The van der Waals surface area contributed by atoms with Crippen LogP contribution in [0.3, 0.4) is 0 Å². The van der Waals surface area contributed by atoms with E-state index in [9.17, 15) is 13.2 Å². The number of halogens is 2. The number of sulfonamides is 1. The highest BCUT2D eigenvalue weighted by molar-refractivity contribution is 7.89. The predicted octanol–water partition coefficient (Wildman–Crippen LogP) is 3.82.